The molecule has 0 heterocycles. The molecule has 0 spiro atoms. The van der Waals surface area contributed by atoms with E-state index >= 15 is 0 Å². The van der Waals surface area contributed by atoms with Gasteiger partial charge in [-0.1, -0.05) is 102 Å². The highest BCUT2D eigenvalue weighted by atomic mass is 16.3. The standard InChI is InChI=1S/C48H56N2O4/c1-5-9-21-49(22-10-6-2)39-29-41(51)43(37-27-33-19-15-13-17-31(33)25-35(37)39)45-47(53)46(48(45)54)44-38-28-34-20-16-14-18-32(34)26-36(38)40(30-42(44)52)50(23-11-7-3)24-12-8-4/h13-20,25-30,45-48,51-52H,5-12,21-24H2,1-4H3/q-2. The van der Waals surface area contributed by atoms with Crippen molar-refractivity contribution in [2.75, 3.05) is 36.0 Å². The first-order valence-corrected chi connectivity index (χ1v) is 20.5. The van der Waals surface area contributed by atoms with Gasteiger partial charge in [-0.15, -0.1) is 12.2 Å². The van der Waals surface area contributed by atoms with Crippen LogP contribution in [0.15, 0.2) is 84.9 Å². The number of phenolic OH excluding ortho intramolecular Hbond substituents is 2. The molecule has 0 saturated heterocycles. The molecule has 1 aliphatic carbocycles. The number of hydrogen-bond acceptors (Lipinski definition) is 6. The predicted octanol–water partition coefficient (Wildman–Crippen LogP) is 9.86. The van der Waals surface area contributed by atoms with Crippen molar-refractivity contribution in [2.45, 2.75) is 103 Å². The Morgan fingerprint density at radius 2 is 0.759 bits per heavy atom. The van der Waals surface area contributed by atoms with Crippen LogP contribution >= 0.6 is 0 Å². The Morgan fingerprint density at radius 1 is 0.463 bits per heavy atom. The Bertz CT molecular complexity index is 2070. The number of hydrogen-bond donors (Lipinski definition) is 2. The van der Waals surface area contributed by atoms with Crippen LogP contribution in [-0.2, 0) is 0 Å². The fraction of sp³-hybridized carbons (Fsp3) is 0.417. The van der Waals surface area contributed by atoms with Crippen LogP contribution in [0.25, 0.3) is 43.1 Å². The highest BCUT2D eigenvalue weighted by Gasteiger charge is 2.43. The molecule has 6 heteroatoms. The third kappa shape index (κ3) is 6.95. The van der Waals surface area contributed by atoms with Gasteiger partial charge in [-0.05, 0) is 94.1 Å². The van der Waals surface area contributed by atoms with Gasteiger partial charge in [0.2, 0.25) is 0 Å². The molecule has 2 N–H and O–H groups in total. The summed E-state index contributed by atoms with van der Waals surface area (Å²) in [6, 6.07) is 28.4. The molecule has 6 aromatic carbocycles. The van der Waals surface area contributed by atoms with Crippen molar-refractivity contribution in [2.24, 2.45) is 0 Å². The van der Waals surface area contributed by atoms with E-state index in [0.29, 0.717) is 11.1 Å². The first kappa shape index (κ1) is 37.8. The summed E-state index contributed by atoms with van der Waals surface area (Å²) in [7, 11) is 0. The smallest absolute Gasteiger partial charge is 0.121 e. The maximum absolute atomic E-state index is 14.7. The fourth-order valence-corrected chi connectivity index (χ4v) is 8.85. The summed E-state index contributed by atoms with van der Waals surface area (Å²) in [5, 5.41) is 60.9. The highest BCUT2D eigenvalue weighted by Crippen LogP contribution is 2.55. The van der Waals surface area contributed by atoms with Crippen LogP contribution < -0.4 is 20.0 Å². The Morgan fingerprint density at radius 3 is 1.06 bits per heavy atom. The van der Waals surface area contributed by atoms with Gasteiger partial charge in [0.15, 0.2) is 0 Å². The van der Waals surface area contributed by atoms with Crippen LogP contribution in [0.3, 0.4) is 0 Å². The van der Waals surface area contributed by atoms with Gasteiger partial charge < -0.3 is 30.2 Å². The van der Waals surface area contributed by atoms with Crippen molar-refractivity contribution in [3.63, 3.8) is 0 Å². The largest absolute Gasteiger partial charge is 0.851 e. The van der Waals surface area contributed by atoms with Gasteiger partial charge in [0, 0.05) is 71.6 Å². The number of unbranched alkanes of at least 4 members (excludes halogenated alkanes) is 4. The summed E-state index contributed by atoms with van der Waals surface area (Å²) >= 11 is 0. The van der Waals surface area contributed by atoms with E-state index in [9.17, 15) is 20.4 Å². The molecule has 7 rings (SSSR count). The monoisotopic (exact) mass is 724 g/mol. The molecule has 6 nitrogen and oxygen atoms in total. The highest BCUT2D eigenvalue weighted by molar-refractivity contribution is 6.08. The zero-order valence-electron chi connectivity index (χ0n) is 32.5. The Labute approximate surface area is 320 Å². The number of benzene rings is 6. The maximum Gasteiger partial charge on any atom is 0.121 e. The molecular weight excluding hydrogens is 669 g/mol. The summed E-state index contributed by atoms with van der Waals surface area (Å²) in [6.07, 6.45) is 5.63. The number of phenols is 2. The lowest BCUT2D eigenvalue weighted by Crippen LogP contribution is -2.63. The molecular formula is C48H56N2O4-2. The number of anilines is 2. The molecule has 0 aliphatic heterocycles. The Balaban J connectivity index is 1.37. The van der Waals surface area contributed by atoms with E-state index in [4.69, 9.17) is 0 Å². The van der Waals surface area contributed by atoms with Crippen LogP contribution in [0.4, 0.5) is 11.4 Å². The van der Waals surface area contributed by atoms with E-state index in [1.165, 1.54) is 0 Å². The van der Waals surface area contributed by atoms with Gasteiger partial charge >= 0.3 is 0 Å². The average molecular weight is 725 g/mol. The first-order chi connectivity index (χ1) is 26.3. The van der Waals surface area contributed by atoms with Crippen molar-refractivity contribution < 1.29 is 20.4 Å². The molecule has 0 amide bonds. The van der Waals surface area contributed by atoms with Crippen LogP contribution in [-0.4, -0.2) is 48.6 Å². The van der Waals surface area contributed by atoms with Crippen LogP contribution in [0.1, 0.15) is 102 Å². The summed E-state index contributed by atoms with van der Waals surface area (Å²) in [6.45, 7) is 12.2. The molecule has 0 bridgehead atoms. The van der Waals surface area contributed by atoms with Gasteiger partial charge in [-0.3, -0.25) is 0 Å². The zero-order valence-corrected chi connectivity index (χ0v) is 32.5. The van der Waals surface area contributed by atoms with E-state index in [-0.39, 0.29) is 11.5 Å². The first-order valence-electron chi connectivity index (χ1n) is 20.5. The lowest BCUT2D eigenvalue weighted by molar-refractivity contribution is -0.535. The molecule has 0 unspecified atom stereocenters. The summed E-state index contributed by atoms with van der Waals surface area (Å²) in [4.78, 5) is 4.72. The van der Waals surface area contributed by atoms with Gasteiger partial charge in [-0.2, -0.15) is 0 Å². The molecule has 1 aliphatic rings. The number of nitrogens with zero attached hydrogens (tertiary/aromatic N) is 2. The topological polar surface area (TPSA) is 93.1 Å². The number of aromatic hydroxyl groups is 2. The molecule has 1 fully saturated rings. The van der Waals surface area contributed by atoms with E-state index in [1.807, 2.05) is 36.4 Å². The molecule has 284 valence electrons. The zero-order chi connectivity index (χ0) is 37.9. The van der Waals surface area contributed by atoms with Gasteiger partial charge in [0.05, 0.1) is 0 Å². The summed E-state index contributed by atoms with van der Waals surface area (Å²) < 4.78 is 0. The molecule has 54 heavy (non-hydrogen) atoms. The summed E-state index contributed by atoms with van der Waals surface area (Å²) in [5.74, 6) is -1.91. The minimum atomic E-state index is -1.35. The second-order valence-corrected chi connectivity index (χ2v) is 15.5. The molecule has 0 radical (unpaired) electrons. The Kier molecular flexibility index (Phi) is 11.5. The fourth-order valence-electron chi connectivity index (χ4n) is 8.85. The van der Waals surface area contributed by atoms with Crippen molar-refractivity contribution >= 4 is 54.5 Å². The van der Waals surface area contributed by atoms with Crippen molar-refractivity contribution in [1.82, 2.24) is 0 Å². The van der Waals surface area contributed by atoms with Crippen molar-refractivity contribution in [3.05, 3.63) is 96.1 Å². The minimum Gasteiger partial charge on any atom is -0.851 e. The SMILES string of the molecule is CCCCN(CCCC)c1cc(O)c(C2C([O-])C(c3c(O)cc(N(CCCC)CCCC)c4cc5ccccc5cc34)C2[O-])c2cc3ccccc3cc12. The second-order valence-electron chi connectivity index (χ2n) is 15.5. The number of fused-ring (bicyclic) bond motifs is 4. The summed E-state index contributed by atoms with van der Waals surface area (Å²) in [5.41, 5.74) is 2.78. The lowest BCUT2D eigenvalue weighted by Gasteiger charge is -2.62. The molecule has 1 saturated carbocycles. The second kappa shape index (κ2) is 16.5. The average Bonchev–Trinajstić information content (AvgIpc) is 3.18. The number of rotatable bonds is 16. The Hall–Kier alpha value is -4.52. The molecule has 0 atom stereocenters. The van der Waals surface area contributed by atoms with Gasteiger partial charge in [-0.25, -0.2) is 0 Å². The van der Waals surface area contributed by atoms with Crippen LogP contribution in [0, 0.1) is 0 Å². The lowest BCUT2D eigenvalue weighted by atomic mass is 9.61. The van der Waals surface area contributed by atoms with Crippen molar-refractivity contribution in [1.29, 1.82) is 0 Å². The maximum atomic E-state index is 14.7. The van der Waals surface area contributed by atoms with Crippen LogP contribution in [0.5, 0.6) is 11.5 Å². The van der Waals surface area contributed by atoms with Crippen LogP contribution in [0.2, 0.25) is 0 Å². The predicted molar refractivity (Wildman–Crippen MR) is 223 cm³/mol. The normalized spacial score (nSPS) is 18.5. The van der Waals surface area contributed by atoms with Gasteiger partial charge in [0.1, 0.15) is 11.5 Å². The minimum absolute atomic E-state index is 0.00819. The molecule has 0 aromatic heterocycles. The van der Waals surface area contributed by atoms with E-state index < -0.39 is 24.0 Å². The van der Waals surface area contributed by atoms with E-state index in [1.54, 1.807) is 12.1 Å². The molecule has 6 aromatic rings. The third-order valence-corrected chi connectivity index (χ3v) is 11.9. The third-order valence-electron chi connectivity index (χ3n) is 11.9. The van der Waals surface area contributed by atoms with Gasteiger partial charge in [0.25, 0.3) is 0 Å². The quantitative estimate of drug-likeness (QED) is 0.0966. The van der Waals surface area contributed by atoms with E-state index in [2.05, 4.69) is 73.9 Å². The van der Waals surface area contributed by atoms with E-state index in [0.717, 1.165) is 132 Å². The van der Waals surface area contributed by atoms with Crippen molar-refractivity contribution in [3.8, 4) is 11.5 Å².